The smallest absolute Gasteiger partial charge is 0.150 e. The van der Waals surface area contributed by atoms with E-state index in [0.717, 1.165) is 6.26 Å². The van der Waals surface area contributed by atoms with Gasteiger partial charge in [-0.1, -0.05) is 36.4 Å². The van der Waals surface area contributed by atoms with Crippen LogP contribution in [-0.4, -0.2) is 30.5 Å². The van der Waals surface area contributed by atoms with E-state index in [2.05, 4.69) is 4.98 Å². The van der Waals surface area contributed by atoms with E-state index in [0.29, 0.717) is 11.1 Å². The second kappa shape index (κ2) is 5.11. The number of rotatable bonds is 4. The van der Waals surface area contributed by atoms with Crippen molar-refractivity contribution >= 4 is 9.84 Å². The summed E-state index contributed by atoms with van der Waals surface area (Å²) in [5, 5.41) is 10.9. The number of aliphatic hydroxyl groups is 1. The Balaban J connectivity index is 2.57. The van der Waals surface area contributed by atoms with Gasteiger partial charge >= 0.3 is 0 Å². The van der Waals surface area contributed by atoms with Crippen LogP contribution in [0.2, 0.25) is 0 Å². The number of sulfone groups is 1. The van der Waals surface area contributed by atoms with E-state index in [1.807, 2.05) is 6.07 Å². The normalized spacial score (nSPS) is 14.8. The molecule has 1 N–H and O–H groups in total. The summed E-state index contributed by atoms with van der Waals surface area (Å²) in [7, 11) is -3.36. The van der Waals surface area contributed by atoms with Crippen LogP contribution in [0, 0.1) is 0 Å². The largest absolute Gasteiger partial charge is 0.379 e. The monoisotopic (exact) mass is 277 g/mol. The van der Waals surface area contributed by atoms with Crippen LogP contribution in [0.1, 0.15) is 11.1 Å². The number of nitrogens with zero attached hydrogens (tertiary/aromatic N) is 1. The molecule has 0 unspecified atom stereocenters. The van der Waals surface area contributed by atoms with Crippen molar-refractivity contribution in [3.05, 3.63) is 66.0 Å². The average Bonchev–Trinajstić information content (AvgIpc) is 2.39. The van der Waals surface area contributed by atoms with Crippen LogP contribution >= 0.6 is 0 Å². The van der Waals surface area contributed by atoms with Gasteiger partial charge in [-0.15, -0.1) is 0 Å². The summed E-state index contributed by atoms with van der Waals surface area (Å²) in [6, 6.07) is 12.1. The molecule has 0 fully saturated rings. The van der Waals surface area contributed by atoms with Crippen molar-refractivity contribution in [3.63, 3.8) is 0 Å². The molecule has 0 saturated heterocycles. The molecule has 0 radical (unpaired) electrons. The molecule has 0 bridgehead atoms. The van der Waals surface area contributed by atoms with Crippen molar-refractivity contribution in [2.24, 2.45) is 0 Å². The first kappa shape index (κ1) is 13.7. The van der Waals surface area contributed by atoms with Gasteiger partial charge in [-0.25, -0.2) is 8.42 Å². The maximum Gasteiger partial charge on any atom is 0.150 e. The van der Waals surface area contributed by atoms with Gasteiger partial charge in [0, 0.05) is 24.2 Å². The molecule has 1 heterocycles. The Morgan fingerprint density at radius 1 is 1.11 bits per heavy atom. The van der Waals surface area contributed by atoms with Gasteiger partial charge in [0.25, 0.3) is 0 Å². The maximum absolute atomic E-state index is 11.6. The molecule has 4 nitrogen and oxygen atoms in total. The summed E-state index contributed by atoms with van der Waals surface area (Å²) in [4.78, 5) is 3.95. The van der Waals surface area contributed by atoms with Crippen molar-refractivity contribution in [3.8, 4) is 0 Å². The SMILES string of the molecule is CS(=O)(=O)C[C@@](O)(c1ccccc1)c1cccnc1. The van der Waals surface area contributed by atoms with E-state index in [1.54, 1.807) is 42.6 Å². The third-order valence-electron chi connectivity index (χ3n) is 2.86. The minimum atomic E-state index is -3.36. The van der Waals surface area contributed by atoms with Crippen LogP contribution < -0.4 is 0 Å². The fourth-order valence-electron chi connectivity index (χ4n) is 2.03. The minimum Gasteiger partial charge on any atom is -0.379 e. The number of aromatic nitrogens is 1. The summed E-state index contributed by atoms with van der Waals surface area (Å²) < 4.78 is 23.2. The van der Waals surface area contributed by atoms with Gasteiger partial charge < -0.3 is 5.11 Å². The van der Waals surface area contributed by atoms with Crippen molar-refractivity contribution in [1.82, 2.24) is 4.98 Å². The first-order valence-corrected chi connectivity index (χ1v) is 7.84. The van der Waals surface area contributed by atoms with Crippen molar-refractivity contribution < 1.29 is 13.5 Å². The molecule has 0 aliphatic rings. The van der Waals surface area contributed by atoms with Gasteiger partial charge in [0.2, 0.25) is 0 Å². The molecule has 2 aromatic rings. The van der Waals surface area contributed by atoms with Crippen molar-refractivity contribution in [2.75, 3.05) is 12.0 Å². The van der Waals surface area contributed by atoms with Gasteiger partial charge in [0.15, 0.2) is 9.84 Å². The van der Waals surface area contributed by atoms with Crippen LogP contribution in [0.15, 0.2) is 54.9 Å². The Bertz CT molecular complexity index is 599. The first-order valence-electron chi connectivity index (χ1n) is 5.78. The molecule has 5 heteroatoms. The molecular weight excluding hydrogens is 262 g/mol. The van der Waals surface area contributed by atoms with E-state index in [1.165, 1.54) is 6.20 Å². The lowest BCUT2D eigenvalue weighted by Gasteiger charge is -2.28. The van der Waals surface area contributed by atoms with Crippen LogP contribution in [-0.2, 0) is 15.4 Å². The highest BCUT2D eigenvalue weighted by Gasteiger charge is 2.35. The van der Waals surface area contributed by atoms with Crippen LogP contribution in [0.4, 0.5) is 0 Å². The topological polar surface area (TPSA) is 67.3 Å². The lowest BCUT2D eigenvalue weighted by Crippen LogP contribution is -2.35. The van der Waals surface area contributed by atoms with Gasteiger partial charge in [-0.3, -0.25) is 4.98 Å². The summed E-state index contributed by atoms with van der Waals surface area (Å²) >= 11 is 0. The lowest BCUT2D eigenvalue weighted by molar-refractivity contribution is 0.105. The standard InChI is InChI=1S/C14H15NO3S/c1-19(17,18)11-14(16,12-6-3-2-4-7-12)13-8-5-9-15-10-13/h2-10,16H,11H2,1H3/t14-/m1/s1. The molecule has 0 spiro atoms. The zero-order chi connectivity index (χ0) is 13.9. The molecule has 19 heavy (non-hydrogen) atoms. The predicted octanol–water partition coefficient (Wildman–Crippen LogP) is 1.36. The third kappa shape index (κ3) is 3.19. The van der Waals surface area contributed by atoms with E-state index >= 15 is 0 Å². The molecule has 1 atom stereocenters. The van der Waals surface area contributed by atoms with Crippen LogP contribution in [0.3, 0.4) is 0 Å². The minimum absolute atomic E-state index is 0.379. The maximum atomic E-state index is 11.6. The molecule has 0 aliphatic heterocycles. The van der Waals surface area contributed by atoms with E-state index in [4.69, 9.17) is 0 Å². The average molecular weight is 277 g/mol. The quantitative estimate of drug-likeness (QED) is 0.916. The van der Waals surface area contributed by atoms with Crippen LogP contribution in [0.25, 0.3) is 0 Å². The number of benzene rings is 1. The highest BCUT2D eigenvalue weighted by atomic mass is 32.2. The van der Waals surface area contributed by atoms with Crippen molar-refractivity contribution in [1.29, 1.82) is 0 Å². The van der Waals surface area contributed by atoms with Gasteiger partial charge in [-0.2, -0.15) is 0 Å². The highest BCUT2D eigenvalue weighted by Crippen LogP contribution is 2.30. The summed E-state index contributed by atoms with van der Waals surface area (Å²) in [6.07, 6.45) is 4.17. The summed E-state index contributed by atoms with van der Waals surface area (Å²) in [5.41, 5.74) is -0.580. The fraction of sp³-hybridized carbons (Fsp3) is 0.214. The molecule has 0 aliphatic carbocycles. The second-order valence-electron chi connectivity index (χ2n) is 4.54. The Kier molecular flexibility index (Phi) is 3.68. The predicted molar refractivity (Wildman–Crippen MR) is 73.4 cm³/mol. The molecule has 1 aromatic heterocycles. The summed E-state index contributed by atoms with van der Waals surface area (Å²) in [5.74, 6) is -0.379. The van der Waals surface area contributed by atoms with E-state index in [-0.39, 0.29) is 5.75 Å². The molecule has 0 saturated carbocycles. The summed E-state index contributed by atoms with van der Waals surface area (Å²) in [6.45, 7) is 0. The molecule has 100 valence electrons. The third-order valence-corrected chi connectivity index (χ3v) is 3.80. The first-order chi connectivity index (χ1) is 8.92. The Labute approximate surface area is 112 Å². The molecule has 1 aromatic carbocycles. The van der Waals surface area contributed by atoms with E-state index < -0.39 is 15.4 Å². The van der Waals surface area contributed by atoms with Crippen LogP contribution in [0.5, 0.6) is 0 Å². The Morgan fingerprint density at radius 3 is 2.26 bits per heavy atom. The van der Waals surface area contributed by atoms with Crippen molar-refractivity contribution in [2.45, 2.75) is 5.60 Å². The zero-order valence-electron chi connectivity index (χ0n) is 10.5. The zero-order valence-corrected chi connectivity index (χ0v) is 11.3. The van der Waals surface area contributed by atoms with Gasteiger partial charge in [0.1, 0.15) is 5.60 Å². The number of pyridine rings is 1. The number of hydrogen-bond donors (Lipinski definition) is 1. The molecule has 0 amide bonds. The Morgan fingerprint density at radius 2 is 1.74 bits per heavy atom. The Hall–Kier alpha value is -1.72. The molecular formula is C14H15NO3S. The van der Waals surface area contributed by atoms with Gasteiger partial charge in [-0.05, 0) is 11.6 Å². The second-order valence-corrected chi connectivity index (χ2v) is 6.68. The lowest BCUT2D eigenvalue weighted by atomic mass is 9.89. The van der Waals surface area contributed by atoms with E-state index in [9.17, 15) is 13.5 Å². The fourth-order valence-corrected chi connectivity index (χ4v) is 3.13. The number of hydrogen-bond acceptors (Lipinski definition) is 4. The highest BCUT2D eigenvalue weighted by molar-refractivity contribution is 7.90. The van der Waals surface area contributed by atoms with Gasteiger partial charge in [0.05, 0.1) is 5.75 Å². The molecule has 2 rings (SSSR count).